The van der Waals surface area contributed by atoms with Crippen molar-refractivity contribution in [2.75, 3.05) is 18.5 Å². The van der Waals surface area contributed by atoms with Gasteiger partial charge in [-0.15, -0.1) is 0 Å². The van der Waals surface area contributed by atoms with Crippen molar-refractivity contribution in [1.82, 2.24) is 15.0 Å². The summed E-state index contributed by atoms with van der Waals surface area (Å²) >= 11 is 0. The largest absolute Gasteiger partial charge is 0.376 e. The van der Waals surface area contributed by atoms with Gasteiger partial charge in [0.15, 0.2) is 0 Å². The van der Waals surface area contributed by atoms with Crippen molar-refractivity contribution in [3.63, 3.8) is 0 Å². The zero-order chi connectivity index (χ0) is 16.1. The molecule has 0 aliphatic carbocycles. The number of pyridine rings is 1. The zero-order valence-electron chi connectivity index (χ0n) is 13.1. The summed E-state index contributed by atoms with van der Waals surface area (Å²) < 4.78 is 5.59. The number of nitriles is 1. The predicted octanol–water partition coefficient (Wildman–Crippen LogP) is 2.43. The molecular weight excluding hydrogens is 290 g/mol. The second-order valence-corrected chi connectivity index (χ2v) is 5.59. The molecule has 2 atom stereocenters. The Morgan fingerprint density at radius 3 is 3.04 bits per heavy atom. The Labute approximate surface area is 135 Å². The van der Waals surface area contributed by atoms with Crippen LogP contribution in [-0.2, 0) is 4.74 Å². The lowest BCUT2D eigenvalue weighted by atomic mass is 9.99. The third kappa shape index (κ3) is 3.63. The maximum Gasteiger partial charge on any atom is 0.223 e. The SMILES string of the molecule is Cc1cnc(NCC2CCCO2)nc1C(C#N)c1ccccn1. The molecule has 6 heteroatoms. The van der Waals surface area contributed by atoms with Crippen LogP contribution in [0, 0.1) is 18.3 Å². The van der Waals surface area contributed by atoms with Crippen LogP contribution in [0.15, 0.2) is 30.6 Å². The fourth-order valence-electron chi connectivity index (χ4n) is 2.66. The highest BCUT2D eigenvalue weighted by Crippen LogP contribution is 2.24. The Kier molecular flexibility index (Phi) is 4.79. The first kappa shape index (κ1) is 15.4. The minimum absolute atomic E-state index is 0.214. The summed E-state index contributed by atoms with van der Waals surface area (Å²) in [6.45, 7) is 3.41. The number of hydrogen-bond donors (Lipinski definition) is 1. The van der Waals surface area contributed by atoms with Crippen LogP contribution in [-0.4, -0.2) is 34.2 Å². The average molecular weight is 309 g/mol. The van der Waals surface area contributed by atoms with E-state index in [9.17, 15) is 5.26 Å². The lowest BCUT2D eigenvalue weighted by molar-refractivity contribution is 0.120. The highest BCUT2D eigenvalue weighted by atomic mass is 16.5. The third-order valence-corrected chi connectivity index (χ3v) is 3.91. The van der Waals surface area contributed by atoms with Crippen LogP contribution in [0.5, 0.6) is 0 Å². The summed E-state index contributed by atoms with van der Waals surface area (Å²) in [5.41, 5.74) is 2.27. The molecule has 0 saturated carbocycles. The molecule has 3 rings (SSSR count). The number of aromatic nitrogens is 3. The summed E-state index contributed by atoms with van der Waals surface area (Å²) in [5, 5.41) is 12.8. The van der Waals surface area contributed by atoms with Crippen molar-refractivity contribution in [3.8, 4) is 6.07 Å². The molecule has 1 N–H and O–H groups in total. The number of rotatable bonds is 5. The van der Waals surface area contributed by atoms with Crippen molar-refractivity contribution in [2.45, 2.75) is 31.8 Å². The summed E-state index contributed by atoms with van der Waals surface area (Å²) in [4.78, 5) is 13.1. The standard InChI is InChI=1S/C17H19N5O/c1-12-10-20-17(21-11-13-5-4-8-23-13)22-16(12)14(9-18)15-6-2-3-7-19-15/h2-3,6-7,10,13-14H,4-5,8,11H2,1H3,(H,20,21,22). The topological polar surface area (TPSA) is 83.7 Å². The van der Waals surface area contributed by atoms with E-state index in [1.54, 1.807) is 12.4 Å². The molecule has 118 valence electrons. The molecule has 2 aromatic rings. The normalized spacial score (nSPS) is 18.3. The molecule has 1 saturated heterocycles. The van der Waals surface area contributed by atoms with Gasteiger partial charge >= 0.3 is 0 Å². The minimum Gasteiger partial charge on any atom is -0.376 e. The van der Waals surface area contributed by atoms with Gasteiger partial charge in [0.1, 0.15) is 5.92 Å². The van der Waals surface area contributed by atoms with E-state index in [0.29, 0.717) is 23.9 Å². The molecule has 23 heavy (non-hydrogen) atoms. The molecule has 2 unspecified atom stereocenters. The van der Waals surface area contributed by atoms with Gasteiger partial charge in [-0.3, -0.25) is 4.98 Å². The minimum atomic E-state index is -0.498. The molecule has 0 radical (unpaired) electrons. The van der Waals surface area contributed by atoms with Gasteiger partial charge in [0.05, 0.1) is 23.6 Å². The summed E-state index contributed by atoms with van der Waals surface area (Å²) in [7, 11) is 0. The molecule has 1 fully saturated rings. The van der Waals surface area contributed by atoms with E-state index in [-0.39, 0.29) is 6.10 Å². The quantitative estimate of drug-likeness (QED) is 0.913. The van der Waals surface area contributed by atoms with E-state index >= 15 is 0 Å². The molecule has 2 aromatic heterocycles. The lowest BCUT2D eigenvalue weighted by Gasteiger charge is -2.14. The molecule has 6 nitrogen and oxygen atoms in total. The summed E-state index contributed by atoms with van der Waals surface area (Å²) in [6, 6.07) is 7.84. The molecule has 0 bridgehead atoms. The monoisotopic (exact) mass is 309 g/mol. The molecule has 0 spiro atoms. The second kappa shape index (κ2) is 7.16. The number of nitrogens with zero attached hydrogens (tertiary/aromatic N) is 4. The van der Waals surface area contributed by atoms with Crippen LogP contribution in [0.4, 0.5) is 5.95 Å². The van der Waals surface area contributed by atoms with Crippen molar-refractivity contribution < 1.29 is 4.74 Å². The fourth-order valence-corrected chi connectivity index (χ4v) is 2.66. The average Bonchev–Trinajstić information content (AvgIpc) is 3.10. The Morgan fingerprint density at radius 1 is 1.43 bits per heavy atom. The van der Waals surface area contributed by atoms with Crippen LogP contribution >= 0.6 is 0 Å². The Morgan fingerprint density at radius 2 is 2.35 bits per heavy atom. The molecule has 1 aliphatic rings. The highest BCUT2D eigenvalue weighted by molar-refractivity contribution is 5.38. The van der Waals surface area contributed by atoms with Gasteiger partial charge < -0.3 is 10.1 Å². The van der Waals surface area contributed by atoms with E-state index in [2.05, 4.69) is 26.3 Å². The van der Waals surface area contributed by atoms with Crippen LogP contribution in [0.2, 0.25) is 0 Å². The summed E-state index contributed by atoms with van der Waals surface area (Å²) in [6.07, 6.45) is 5.80. The zero-order valence-corrected chi connectivity index (χ0v) is 13.1. The van der Waals surface area contributed by atoms with Crippen LogP contribution in [0.1, 0.15) is 35.7 Å². The highest BCUT2D eigenvalue weighted by Gasteiger charge is 2.20. The number of hydrogen-bond acceptors (Lipinski definition) is 6. The molecule has 1 aliphatic heterocycles. The van der Waals surface area contributed by atoms with Gasteiger partial charge in [0, 0.05) is 25.5 Å². The van der Waals surface area contributed by atoms with Crippen LogP contribution < -0.4 is 5.32 Å². The lowest BCUT2D eigenvalue weighted by Crippen LogP contribution is -2.20. The molecule has 0 aromatic carbocycles. The second-order valence-electron chi connectivity index (χ2n) is 5.59. The van der Waals surface area contributed by atoms with Crippen molar-refractivity contribution in [1.29, 1.82) is 5.26 Å². The van der Waals surface area contributed by atoms with Crippen molar-refractivity contribution >= 4 is 5.95 Å². The third-order valence-electron chi connectivity index (χ3n) is 3.91. The number of ether oxygens (including phenoxy) is 1. The van der Waals surface area contributed by atoms with E-state index < -0.39 is 5.92 Å². The van der Waals surface area contributed by atoms with Crippen molar-refractivity contribution in [3.05, 3.63) is 47.5 Å². The van der Waals surface area contributed by atoms with Crippen molar-refractivity contribution in [2.24, 2.45) is 0 Å². The van der Waals surface area contributed by atoms with Gasteiger partial charge in [-0.2, -0.15) is 5.26 Å². The predicted molar refractivity (Wildman–Crippen MR) is 85.9 cm³/mol. The Bertz CT molecular complexity index is 692. The van der Waals surface area contributed by atoms with Gasteiger partial charge in [0.25, 0.3) is 0 Å². The van der Waals surface area contributed by atoms with Gasteiger partial charge in [-0.25, -0.2) is 9.97 Å². The van der Waals surface area contributed by atoms with E-state index in [1.165, 1.54) is 0 Å². The van der Waals surface area contributed by atoms with E-state index in [0.717, 1.165) is 25.0 Å². The van der Waals surface area contributed by atoms with Gasteiger partial charge in [-0.1, -0.05) is 6.07 Å². The fraction of sp³-hybridized carbons (Fsp3) is 0.412. The first-order chi connectivity index (χ1) is 11.3. The molecular formula is C17H19N5O. The maximum atomic E-state index is 9.56. The Hall–Kier alpha value is -2.52. The van der Waals surface area contributed by atoms with E-state index in [1.807, 2.05) is 25.1 Å². The van der Waals surface area contributed by atoms with Gasteiger partial charge in [-0.05, 0) is 37.5 Å². The number of aryl methyl sites for hydroxylation is 1. The van der Waals surface area contributed by atoms with E-state index in [4.69, 9.17) is 4.74 Å². The summed E-state index contributed by atoms with van der Waals surface area (Å²) in [5.74, 6) is 0.0276. The molecule has 3 heterocycles. The Balaban J connectivity index is 1.80. The maximum absolute atomic E-state index is 9.56. The number of nitrogens with one attached hydrogen (secondary N) is 1. The number of anilines is 1. The first-order valence-corrected chi connectivity index (χ1v) is 7.77. The smallest absolute Gasteiger partial charge is 0.223 e. The van der Waals surface area contributed by atoms with Crippen LogP contribution in [0.3, 0.4) is 0 Å². The molecule has 0 amide bonds. The van der Waals surface area contributed by atoms with Gasteiger partial charge in [0.2, 0.25) is 5.95 Å². The van der Waals surface area contributed by atoms with Crippen LogP contribution in [0.25, 0.3) is 0 Å². The first-order valence-electron chi connectivity index (χ1n) is 7.77.